The zero-order valence-electron chi connectivity index (χ0n) is 7.28. The Balaban J connectivity index is -0.0000000339. The van der Waals surface area contributed by atoms with Gasteiger partial charge < -0.3 is 4.79 Å². The molecule has 11 heavy (non-hydrogen) atoms. The summed E-state index contributed by atoms with van der Waals surface area (Å²) in [6.45, 7) is 10.6. The lowest BCUT2D eigenvalue weighted by Crippen LogP contribution is -1.69. The van der Waals surface area contributed by atoms with Crippen molar-refractivity contribution in [2.75, 3.05) is 0 Å². The summed E-state index contributed by atoms with van der Waals surface area (Å²) in [6, 6.07) is 0. The zero-order valence-corrected chi connectivity index (χ0v) is 13.9. The molecular weight excluding hydrogens is 481 g/mol. The number of carbonyl (C=O) groups is 1. The van der Waals surface area contributed by atoms with Crippen molar-refractivity contribution in [2.45, 2.75) is 27.7 Å². The molecule has 0 unspecified atom stereocenters. The van der Waals surface area contributed by atoms with Crippen LogP contribution in [0.15, 0.2) is 12.2 Å². The van der Waals surface area contributed by atoms with Crippen molar-refractivity contribution in [1.82, 2.24) is 0 Å². The number of Topliss-reactive ketones (excluding diaryl/α,β-unsaturated/α-hetero) is 1. The molecule has 0 aliphatic carbocycles. The van der Waals surface area contributed by atoms with E-state index in [1.165, 1.54) is 19.4 Å². The fourth-order valence-corrected chi connectivity index (χ4v) is 0. The van der Waals surface area contributed by atoms with Gasteiger partial charge in [-0.05, 0) is 27.7 Å². The molecule has 4 heteroatoms. The zero-order chi connectivity index (χ0) is 9.15. The van der Waals surface area contributed by atoms with Crippen molar-refractivity contribution in [2.24, 2.45) is 0 Å². The molecule has 0 saturated heterocycles. The predicted octanol–water partition coefficient (Wildman–Crippen LogP) is 4.57. The summed E-state index contributed by atoms with van der Waals surface area (Å²) < 4.78 is 0. The maximum atomic E-state index is 9.44. The van der Waals surface area contributed by atoms with E-state index in [-0.39, 0.29) is 29.8 Å². The Morgan fingerprint density at radius 3 is 1.09 bits per heavy atom. The molecule has 0 bridgehead atoms. The van der Waals surface area contributed by atoms with Crippen molar-refractivity contribution < 1.29 is 4.79 Å². The second-order valence-electron chi connectivity index (χ2n) is 2.12. The summed E-state index contributed by atoms with van der Waals surface area (Å²) >= 11 is 4.24. The first-order valence-corrected chi connectivity index (χ1v) is 8.99. The Morgan fingerprint density at radius 2 is 1.09 bits per heavy atom. The molecule has 0 atom stereocenters. The molecule has 1 nitrogen and oxygen atoms in total. The monoisotopic (exact) mass is 496 g/mol. The molecule has 0 saturated carbocycles. The summed E-state index contributed by atoms with van der Waals surface area (Å²) in [7, 11) is 0. The Morgan fingerprint density at radius 1 is 1.09 bits per heavy atom. The third-order valence-corrected chi connectivity index (χ3v) is 0. The van der Waals surface area contributed by atoms with Gasteiger partial charge in [-0.1, -0.05) is 5.57 Å². The number of allylic oxidation sites excluding steroid dienone is 1. The van der Waals surface area contributed by atoms with Crippen LogP contribution in [0.1, 0.15) is 27.7 Å². The molecule has 0 amide bonds. The standard InChI is InChI=1S/C4H8.C3H6O.I2.HI/c1-4(2)3;1-3(2)4;1-2;/h1H2,2-3H3;1-2H3;;1H. The average Bonchev–Trinajstić information content (AvgIpc) is 1.66. The second-order valence-corrected chi connectivity index (χ2v) is 2.12. The minimum absolute atomic E-state index is 0. The van der Waals surface area contributed by atoms with Gasteiger partial charge in [0, 0.05) is 37.2 Å². The SMILES string of the molecule is C=C(C)C.CC(C)=O.I.II. The molecule has 0 N–H and O–H groups in total. The van der Waals surface area contributed by atoms with Crippen LogP contribution in [-0.2, 0) is 4.79 Å². The lowest BCUT2D eigenvalue weighted by atomic mass is 10.4. The van der Waals surface area contributed by atoms with Crippen LogP contribution in [0.5, 0.6) is 0 Å². The van der Waals surface area contributed by atoms with Crippen molar-refractivity contribution >= 4 is 67.0 Å². The molecule has 0 heterocycles. The van der Waals surface area contributed by atoms with Gasteiger partial charge in [0.1, 0.15) is 5.78 Å². The van der Waals surface area contributed by atoms with Gasteiger partial charge in [0.2, 0.25) is 0 Å². The smallest absolute Gasteiger partial charge is 0.126 e. The minimum atomic E-state index is 0. The number of hydrogen-bond acceptors (Lipinski definition) is 1. The molecule has 0 aliphatic rings. The highest BCUT2D eigenvalue weighted by Crippen LogP contribution is 1.89. The lowest BCUT2D eigenvalue weighted by Gasteiger charge is -1.65. The van der Waals surface area contributed by atoms with Gasteiger partial charge in [-0.25, -0.2) is 0 Å². The number of rotatable bonds is 0. The van der Waals surface area contributed by atoms with Gasteiger partial charge in [0.05, 0.1) is 0 Å². The molecular formula is C7H15I3O. The van der Waals surface area contributed by atoms with Crippen LogP contribution >= 0.6 is 61.2 Å². The van der Waals surface area contributed by atoms with Gasteiger partial charge in [0.15, 0.2) is 0 Å². The van der Waals surface area contributed by atoms with Crippen LogP contribution in [-0.4, -0.2) is 5.78 Å². The Kier molecular flexibility index (Phi) is 47.0. The minimum Gasteiger partial charge on any atom is -0.300 e. The summed E-state index contributed by atoms with van der Waals surface area (Å²) in [5.74, 6) is 0.167. The molecule has 0 aromatic carbocycles. The van der Waals surface area contributed by atoms with Crippen LogP contribution in [0.25, 0.3) is 0 Å². The van der Waals surface area contributed by atoms with Crippen molar-refractivity contribution in [3.63, 3.8) is 0 Å². The first-order valence-electron chi connectivity index (χ1n) is 2.70. The van der Waals surface area contributed by atoms with Gasteiger partial charge in [-0.2, -0.15) is 0 Å². The first-order chi connectivity index (χ1) is 4.46. The van der Waals surface area contributed by atoms with E-state index in [1.54, 1.807) is 0 Å². The third-order valence-electron chi connectivity index (χ3n) is 0. The molecule has 0 aromatic heterocycles. The highest BCUT2D eigenvalue weighted by molar-refractivity contribution is 15.0. The molecule has 0 radical (unpaired) electrons. The lowest BCUT2D eigenvalue weighted by molar-refractivity contribution is -0.114. The normalized spacial score (nSPS) is 5.27. The van der Waals surface area contributed by atoms with Crippen LogP contribution in [0.4, 0.5) is 0 Å². The Labute approximate surface area is 110 Å². The molecule has 0 aromatic rings. The quantitative estimate of drug-likeness (QED) is 0.355. The predicted molar refractivity (Wildman–Crippen MR) is 80.3 cm³/mol. The summed E-state index contributed by atoms with van der Waals surface area (Å²) in [4.78, 5) is 9.44. The van der Waals surface area contributed by atoms with Crippen LogP contribution in [0, 0.1) is 0 Å². The van der Waals surface area contributed by atoms with E-state index < -0.39 is 0 Å². The average molecular weight is 496 g/mol. The maximum Gasteiger partial charge on any atom is 0.126 e. The first kappa shape index (κ1) is 22.9. The van der Waals surface area contributed by atoms with Gasteiger partial charge in [-0.15, -0.1) is 30.6 Å². The van der Waals surface area contributed by atoms with Gasteiger partial charge in [0.25, 0.3) is 0 Å². The fourth-order valence-electron chi connectivity index (χ4n) is 0. The fraction of sp³-hybridized carbons (Fsp3) is 0.571. The molecule has 0 spiro atoms. The van der Waals surface area contributed by atoms with E-state index in [2.05, 4.69) is 43.8 Å². The molecule has 0 aliphatic heterocycles. The van der Waals surface area contributed by atoms with Crippen LogP contribution < -0.4 is 0 Å². The van der Waals surface area contributed by atoms with E-state index in [9.17, 15) is 4.79 Å². The summed E-state index contributed by atoms with van der Waals surface area (Å²) in [5, 5.41) is 0. The summed E-state index contributed by atoms with van der Waals surface area (Å²) in [6.07, 6.45) is 0. The van der Waals surface area contributed by atoms with Gasteiger partial charge in [-0.3, -0.25) is 0 Å². The largest absolute Gasteiger partial charge is 0.300 e. The number of carbonyl (C=O) groups excluding carboxylic acids is 1. The van der Waals surface area contributed by atoms with E-state index in [0.29, 0.717) is 0 Å². The third kappa shape index (κ3) is 418. The number of ketones is 1. The van der Waals surface area contributed by atoms with Crippen molar-refractivity contribution in [1.29, 1.82) is 0 Å². The number of halogens is 3. The molecule has 0 rings (SSSR count). The topological polar surface area (TPSA) is 17.1 Å². The Bertz CT molecular complexity index is 71.7. The molecule has 0 fully saturated rings. The van der Waals surface area contributed by atoms with E-state index in [1.807, 2.05) is 13.8 Å². The molecule has 70 valence electrons. The number of hydrogen-bond donors (Lipinski definition) is 0. The highest BCUT2D eigenvalue weighted by atomic mass is 128. The van der Waals surface area contributed by atoms with Crippen LogP contribution in [0.2, 0.25) is 0 Å². The van der Waals surface area contributed by atoms with E-state index in [4.69, 9.17) is 0 Å². The second kappa shape index (κ2) is 22.6. The van der Waals surface area contributed by atoms with E-state index >= 15 is 0 Å². The van der Waals surface area contributed by atoms with Gasteiger partial charge >= 0.3 is 0 Å². The van der Waals surface area contributed by atoms with Crippen LogP contribution in [0.3, 0.4) is 0 Å². The van der Waals surface area contributed by atoms with Crippen molar-refractivity contribution in [3.05, 3.63) is 12.2 Å². The Hall–Kier alpha value is 1.60. The maximum absolute atomic E-state index is 9.44. The van der Waals surface area contributed by atoms with E-state index in [0.717, 1.165) is 0 Å². The van der Waals surface area contributed by atoms with Crippen molar-refractivity contribution in [3.8, 4) is 0 Å². The highest BCUT2D eigenvalue weighted by Gasteiger charge is 1.62. The summed E-state index contributed by atoms with van der Waals surface area (Å²) in [5.41, 5.74) is 1.17.